The number of nitrogens with zero attached hydrogens (tertiary/aromatic N) is 1. The monoisotopic (exact) mass is 303 g/mol. The van der Waals surface area contributed by atoms with Crippen molar-refractivity contribution < 1.29 is 4.57 Å². The molecule has 6 N–H and O–H groups in total. The average molecular weight is 303 g/mol. The summed E-state index contributed by atoms with van der Waals surface area (Å²) in [5.74, 6) is 0.237. The third-order valence-corrected chi connectivity index (χ3v) is 5.13. The van der Waals surface area contributed by atoms with Crippen LogP contribution in [-0.2, 0) is 10.2 Å². The predicted octanol–water partition coefficient (Wildman–Crippen LogP) is 1.16. The van der Waals surface area contributed by atoms with Gasteiger partial charge in [-0.2, -0.15) is 0 Å². The summed E-state index contributed by atoms with van der Waals surface area (Å²) >= 11 is 0. The van der Waals surface area contributed by atoms with Gasteiger partial charge in [0.25, 0.3) is 0 Å². The van der Waals surface area contributed by atoms with Crippen molar-refractivity contribution in [2.45, 2.75) is 5.66 Å². The molecule has 2 aromatic rings. The van der Waals surface area contributed by atoms with Crippen molar-refractivity contribution in [2.24, 2.45) is 16.5 Å². The van der Waals surface area contributed by atoms with E-state index in [2.05, 4.69) is 15.3 Å². The summed E-state index contributed by atoms with van der Waals surface area (Å²) in [5, 5.41) is 3.68. The lowest BCUT2D eigenvalue weighted by molar-refractivity contribution is 0.552. The van der Waals surface area contributed by atoms with E-state index in [1.165, 1.54) is 0 Å². The molecule has 0 fully saturated rings. The summed E-state index contributed by atoms with van der Waals surface area (Å²) in [5.41, 5.74) is 13.4. The largest absolute Gasteiger partial charge is 0.370 e. The summed E-state index contributed by atoms with van der Waals surface area (Å²) in [6.07, 6.45) is 1.77. The maximum absolute atomic E-state index is 12.6. The van der Waals surface area contributed by atoms with E-state index in [0.29, 0.717) is 16.6 Å². The van der Waals surface area contributed by atoms with Gasteiger partial charge in [0.05, 0.1) is 11.4 Å². The van der Waals surface area contributed by atoms with Crippen LogP contribution in [0.15, 0.2) is 41.5 Å². The fraction of sp³-hybridized carbons (Fsp3) is 0.214. The molecule has 0 spiro atoms. The maximum Gasteiger partial charge on any atom is 0.195 e. The number of hydrogen-bond acceptors (Lipinski definition) is 5. The molecular formula is C14H18N5OP. The van der Waals surface area contributed by atoms with E-state index in [4.69, 9.17) is 11.5 Å². The van der Waals surface area contributed by atoms with Crippen LogP contribution in [0.3, 0.4) is 0 Å². The molecule has 1 aliphatic rings. The molecule has 0 radical (unpaired) electrons. The summed E-state index contributed by atoms with van der Waals surface area (Å²) in [4.78, 5) is 7.49. The Bertz CT molecular complexity index is 775. The molecule has 2 heterocycles. The molecule has 21 heavy (non-hydrogen) atoms. The van der Waals surface area contributed by atoms with Gasteiger partial charge in [0.1, 0.15) is 7.14 Å². The zero-order chi connectivity index (χ0) is 15.3. The van der Waals surface area contributed by atoms with Crippen molar-refractivity contribution in [3.8, 4) is 0 Å². The number of guanidine groups is 1. The van der Waals surface area contributed by atoms with Crippen LogP contribution in [0.4, 0.5) is 5.69 Å². The summed E-state index contributed by atoms with van der Waals surface area (Å²) in [7, 11) is -2.50. The highest BCUT2D eigenvalue weighted by molar-refractivity contribution is 7.70. The van der Waals surface area contributed by atoms with E-state index < -0.39 is 12.8 Å². The Kier molecular flexibility index (Phi) is 2.97. The van der Waals surface area contributed by atoms with Gasteiger partial charge in [0.15, 0.2) is 11.6 Å². The minimum absolute atomic E-state index is 0.237. The van der Waals surface area contributed by atoms with Crippen molar-refractivity contribution >= 4 is 24.1 Å². The highest BCUT2D eigenvalue weighted by Gasteiger charge is 2.39. The first-order chi connectivity index (χ1) is 9.82. The van der Waals surface area contributed by atoms with Crippen LogP contribution in [0.25, 0.3) is 0 Å². The Morgan fingerprint density at radius 3 is 2.67 bits per heavy atom. The molecule has 0 saturated carbocycles. The van der Waals surface area contributed by atoms with Crippen molar-refractivity contribution in [3.63, 3.8) is 0 Å². The van der Waals surface area contributed by atoms with Crippen LogP contribution >= 0.6 is 7.14 Å². The van der Waals surface area contributed by atoms with Gasteiger partial charge in [-0.05, 0) is 19.4 Å². The Labute approximate surface area is 123 Å². The summed E-state index contributed by atoms with van der Waals surface area (Å²) in [6, 6.07) is 9.24. The number of aromatic nitrogens is 1. The molecule has 1 atom stereocenters. The first-order valence-electron chi connectivity index (χ1n) is 6.56. The summed E-state index contributed by atoms with van der Waals surface area (Å²) < 4.78 is 12.6. The van der Waals surface area contributed by atoms with E-state index >= 15 is 0 Å². The van der Waals surface area contributed by atoms with Gasteiger partial charge in [-0.15, -0.1) is 0 Å². The molecule has 0 aliphatic carbocycles. The minimum atomic E-state index is -2.50. The molecule has 7 heteroatoms. The highest BCUT2D eigenvalue weighted by atomic mass is 31.2. The Hall–Kier alpha value is -2.04. The van der Waals surface area contributed by atoms with E-state index in [0.717, 1.165) is 5.69 Å². The normalized spacial score (nSPS) is 21.4. The number of rotatable bonds is 2. The molecule has 0 amide bonds. The number of fused-ring (bicyclic) bond motifs is 1. The third-order valence-electron chi connectivity index (χ3n) is 3.58. The maximum atomic E-state index is 12.6. The number of nitrogens with two attached hydrogens (primary N) is 2. The van der Waals surface area contributed by atoms with Crippen LogP contribution in [-0.4, -0.2) is 24.3 Å². The molecule has 0 bridgehead atoms. The second kappa shape index (κ2) is 4.48. The van der Waals surface area contributed by atoms with Crippen LogP contribution in [0.2, 0.25) is 0 Å². The predicted molar refractivity (Wildman–Crippen MR) is 86.5 cm³/mol. The van der Waals surface area contributed by atoms with E-state index in [1.807, 2.05) is 30.3 Å². The molecule has 1 aliphatic heterocycles. The molecule has 1 aromatic carbocycles. The number of benzene rings is 1. The lowest BCUT2D eigenvalue weighted by atomic mass is 9.95. The Morgan fingerprint density at radius 1 is 1.24 bits per heavy atom. The van der Waals surface area contributed by atoms with E-state index in [1.54, 1.807) is 19.5 Å². The number of anilines is 1. The number of hydrogen-bond donors (Lipinski definition) is 4. The SMILES string of the molecule is CP(C)(=O)c1ccccc1C1(N)N=C(N)Nc2cc[nH]c21. The molecule has 0 saturated heterocycles. The highest BCUT2D eigenvalue weighted by Crippen LogP contribution is 2.42. The topological polar surface area (TPSA) is 109 Å². The van der Waals surface area contributed by atoms with Gasteiger partial charge in [-0.3, -0.25) is 5.73 Å². The van der Waals surface area contributed by atoms with E-state index in [-0.39, 0.29) is 5.96 Å². The Balaban J connectivity index is 2.30. The molecular weight excluding hydrogens is 285 g/mol. The zero-order valence-corrected chi connectivity index (χ0v) is 12.8. The zero-order valence-electron chi connectivity index (χ0n) is 11.9. The van der Waals surface area contributed by atoms with Gasteiger partial charge in [-0.1, -0.05) is 24.3 Å². The molecule has 1 aromatic heterocycles. The van der Waals surface area contributed by atoms with Crippen LogP contribution in [0.5, 0.6) is 0 Å². The Morgan fingerprint density at radius 2 is 1.95 bits per heavy atom. The van der Waals surface area contributed by atoms with Crippen molar-refractivity contribution in [2.75, 3.05) is 18.6 Å². The molecule has 3 rings (SSSR count). The lowest BCUT2D eigenvalue weighted by Gasteiger charge is -2.32. The molecule has 1 unspecified atom stereocenters. The number of aliphatic imine (C=N–C) groups is 1. The number of nitrogens with one attached hydrogen (secondary N) is 2. The third kappa shape index (κ3) is 2.17. The fourth-order valence-electron chi connectivity index (χ4n) is 2.66. The summed E-state index contributed by atoms with van der Waals surface area (Å²) in [6.45, 7) is 3.44. The minimum Gasteiger partial charge on any atom is -0.370 e. The molecule has 6 nitrogen and oxygen atoms in total. The quantitative estimate of drug-likeness (QED) is 0.624. The van der Waals surface area contributed by atoms with Crippen LogP contribution in [0, 0.1) is 0 Å². The van der Waals surface area contributed by atoms with Crippen LogP contribution < -0.4 is 22.1 Å². The average Bonchev–Trinajstić information content (AvgIpc) is 2.86. The van der Waals surface area contributed by atoms with Gasteiger partial charge in [-0.25, -0.2) is 4.99 Å². The number of H-pyrrole nitrogens is 1. The van der Waals surface area contributed by atoms with Gasteiger partial charge in [0.2, 0.25) is 0 Å². The standard InChI is InChI=1S/C14H18N5OP/c1-21(2,20)11-6-4-3-5-9(11)14(16)12-10(7-8-17-12)18-13(15)19-14/h3-8,17H,16H2,1-2H3,(H3,15,18,19). The van der Waals surface area contributed by atoms with Crippen molar-refractivity contribution in [1.82, 2.24) is 4.98 Å². The first kappa shape index (κ1) is 13.9. The molecule has 110 valence electrons. The second-order valence-corrected chi connectivity index (χ2v) is 8.71. The van der Waals surface area contributed by atoms with Crippen molar-refractivity contribution in [1.29, 1.82) is 0 Å². The fourth-order valence-corrected chi connectivity index (χ4v) is 3.93. The smallest absolute Gasteiger partial charge is 0.195 e. The van der Waals surface area contributed by atoms with Gasteiger partial charge in [0, 0.05) is 17.1 Å². The van der Waals surface area contributed by atoms with Crippen molar-refractivity contribution in [3.05, 3.63) is 47.8 Å². The van der Waals surface area contributed by atoms with Gasteiger partial charge >= 0.3 is 0 Å². The second-order valence-electron chi connectivity index (χ2n) is 5.52. The van der Waals surface area contributed by atoms with E-state index in [9.17, 15) is 4.57 Å². The van der Waals surface area contributed by atoms with Gasteiger partial charge < -0.3 is 20.6 Å². The van der Waals surface area contributed by atoms with Crippen LogP contribution in [0.1, 0.15) is 11.3 Å². The number of aromatic amines is 1. The lowest BCUT2D eigenvalue weighted by Crippen LogP contribution is -2.46. The first-order valence-corrected chi connectivity index (χ1v) is 9.16.